The smallest absolute Gasteiger partial charge is 0.293 e. The number of hydrogen-bond donors (Lipinski definition) is 0. The first-order valence-corrected chi connectivity index (χ1v) is 8.19. The molecule has 0 N–H and O–H groups in total. The van der Waals surface area contributed by atoms with E-state index in [4.69, 9.17) is 0 Å². The van der Waals surface area contributed by atoms with E-state index in [0.29, 0.717) is 17.8 Å². The van der Waals surface area contributed by atoms with Gasteiger partial charge in [0.25, 0.3) is 5.91 Å². The summed E-state index contributed by atoms with van der Waals surface area (Å²) < 4.78 is 1.57. The van der Waals surface area contributed by atoms with Crippen LogP contribution in [0.4, 0.5) is 5.69 Å². The van der Waals surface area contributed by atoms with E-state index in [1.807, 2.05) is 4.90 Å². The number of aromatic nitrogens is 3. The minimum atomic E-state index is -0.0588. The van der Waals surface area contributed by atoms with E-state index in [1.54, 1.807) is 18.1 Å². The summed E-state index contributed by atoms with van der Waals surface area (Å²) in [7, 11) is 1.78. The molecule has 1 fully saturated rings. The van der Waals surface area contributed by atoms with Gasteiger partial charge in [0.05, 0.1) is 0 Å². The molecule has 0 aliphatic carbocycles. The van der Waals surface area contributed by atoms with Crippen molar-refractivity contribution in [3.8, 4) is 0 Å². The van der Waals surface area contributed by atoms with E-state index >= 15 is 0 Å². The third kappa shape index (κ3) is 2.20. The van der Waals surface area contributed by atoms with Crippen LogP contribution in [0.15, 0.2) is 30.6 Å². The molecule has 0 bridgehead atoms. The number of hydrogen-bond acceptors (Lipinski definition) is 4. The fourth-order valence-electron chi connectivity index (χ4n) is 4.03. The van der Waals surface area contributed by atoms with Crippen LogP contribution in [0.25, 0.3) is 0 Å². The van der Waals surface area contributed by atoms with Gasteiger partial charge in [-0.05, 0) is 25.0 Å². The maximum Gasteiger partial charge on any atom is 0.293 e. The number of likely N-dealkylation sites (N-methyl/N-ethyl adjacent to an activating group) is 1. The van der Waals surface area contributed by atoms with Gasteiger partial charge in [0, 0.05) is 44.3 Å². The van der Waals surface area contributed by atoms with Gasteiger partial charge in [-0.15, -0.1) is 5.10 Å². The van der Waals surface area contributed by atoms with Crippen LogP contribution in [0.1, 0.15) is 35.4 Å². The normalized spacial score (nSPS) is 22.9. The van der Waals surface area contributed by atoms with E-state index in [2.05, 4.69) is 46.2 Å². The van der Waals surface area contributed by atoms with E-state index in [1.165, 1.54) is 11.3 Å². The van der Waals surface area contributed by atoms with Crippen molar-refractivity contribution >= 4 is 11.6 Å². The van der Waals surface area contributed by atoms with Crippen molar-refractivity contribution in [2.45, 2.75) is 25.3 Å². The lowest BCUT2D eigenvalue weighted by Gasteiger charge is -2.38. The lowest BCUT2D eigenvalue weighted by molar-refractivity contribution is 0.0684. The average Bonchev–Trinajstić information content (AvgIpc) is 3.15. The molecule has 2 atom stereocenters. The molecular formula is C17H21N5O. The molecule has 0 radical (unpaired) electrons. The van der Waals surface area contributed by atoms with Crippen molar-refractivity contribution in [3.05, 3.63) is 42.0 Å². The first-order chi connectivity index (χ1) is 11.2. The lowest BCUT2D eigenvalue weighted by Crippen LogP contribution is -2.48. The Morgan fingerprint density at radius 3 is 2.91 bits per heavy atom. The highest BCUT2D eigenvalue weighted by molar-refractivity contribution is 5.90. The number of carbonyl (C=O) groups excluding carboxylic acids is 1. The molecule has 1 saturated heterocycles. The second-order valence-corrected chi connectivity index (χ2v) is 6.30. The second-order valence-electron chi connectivity index (χ2n) is 6.30. The maximum absolute atomic E-state index is 12.6. The predicted molar refractivity (Wildman–Crippen MR) is 87.5 cm³/mol. The highest BCUT2D eigenvalue weighted by atomic mass is 16.2. The molecule has 1 aromatic carbocycles. The standard InChI is InChI=1S/C17H21N5O/c1-3-22-14-7-5-4-6-12(14)13-10-21(9-8-15(13)22)17(23)16-18-11-20(2)19-16/h4-7,11,13,15H,3,8-10H2,1-2H3/t13-,15-/m0/s1. The first-order valence-electron chi connectivity index (χ1n) is 8.19. The van der Waals surface area contributed by atoms with Crippen LogP contribution in [-0.4, -0.2) is 51.2 Å². The van der Waals surface area contributed by atoms with Crippen LogP contribution in [0.5, 0.6) is 0 Å². The van der Waals surface area contributed by atoms with Crippen molar-refractivity contribution in [2.24, 2.45) is 7.05 Å². The summed E-state index contributed by atoms with van der Waals surface area (Å²) in [6.07, 6.45) is 2.56. The Hall–Kier alpha value is -2.37. The molecule has 0 saturated carbocycles. The number of piperidine rings is 1. The quantitative estimate of drug-likeness (QED) is 0.846. The molecule has 1 amide bonds. The number of para-hydroxylation sites is 1. The topological polar surface area (TPSA) is 54.3 Å². The average molecular weight is 311 g/mol. The molecule has 23 heavy (non-hydrogen) atoms. The lowest BCUT2D eigenvalue weighted by atomic mass is 9.89. The number of aryl methyl sites for hydroxylation is 1. The highest BCUT2D eigenvalue weighted by Gasteiger charge is 2.42. The molecule has 2 aliphatic heterocycles. The van der Waals surface area contributed by atoms with E-state index in [0.717, 1.165) is 26.1 Å². The molecule has 120 valence electrons. The van der Waals surface area contributed by atoms with Crippen LogP contribution < -0.4 is 4.90 Å². The number of carbonyl (C=O) groups is 1. The molecule has 1 aromatic heterocycles. The summed E-state index contributed by atoms with van der Waals surface area (Å²) in [5.74, 6) is 0.619. The molecular weight excluding hydrogens is 290 g/mol. The van der Waals surface area contributed by atoms with Gasteiger partial charge in [-0.3, -0.25) is 9.48 Å². The molecule has 0 spiro atoms. The third-order valence-corrected chi connectivity index (χ3v) is 5.04. The molecule has 3 heterocycles. The van der Waals surface area contributed by atoms with Gasteiger partial charge in [0.15, 0.2) is 0 Å². The van der Waals surface area contributed by atoms with Gasteiger partial charge < -0.3 is 9.80 Å². The molecule has 2 aliphatic rings. The maximum atomic E-state index is 12.6. The number of anilines is 1. The first kappa shape index (κ1) is 14.2. The zero-order valence-electron chi connectivity index (χ0n) is 13.5. The SMILES string of the molecule is CCN1c2ccccc2[C@@H]2CN(C(=O)c3ncn(C)n3)CC[C@@H]21. The van der Waals surface area contributed by atoms with Crippen LogP contribution >= 0.6 is 0 Å². The zero-order valence-corrected chi connectivity index (χ0v) is 13.5. The number of amides is 1. The Morgan fingerprint density at radius 2 is 2.17 bits per heavy atom. The van der Waals surface area contributed by atoms with Crippen LogP contribution in [0, 0.1) is 0 Å². The molecule has 2 aromatic rings. The van der Waals surface area contributed by atoms with Gasteiger partial charge in [-0.25, -0.2) is 4.98 Å². The fraction of sp³-hybridized carbons (Fsp3) is 0.471. The van der Waals surface area contributed by atoms with Crippen molar-refractivity contribution in [2.75, 3.05) is 24.5 Å². The third-order valence-electron chi connectivity index (χ3n) is 5.04. The molecule has 4 rings (SSSR count). The van der Waals surface area contributed by atoms with Gasteiger partial charge in [-0.1, -0.05) is 18.2 Å². The second kappa shape index (κ2) is 5.37. The summed E-state index contributed by atoms with van der Waals surface area (Å²) in [6, 6.07) is 9.09. The summed E-state index contributed by atoms with van der Waals surface area (Å²) >= 11 is 0. The Balaban J connectivity index is 1.60. The Labute approximate surface area is 135 Å². The van der Waals surface area contributed by atoms with Gasteiger partial charge >= 0.3 is 0 Å². The van der Waals surface area contributed by atoms with E-state index in [-0.39, 0.29) is 5.91 Å². The summed E-state index contributed by atoms with van der Waals surface area (Å²) in [5, 5.41) is 4.15. The number of fused-ring (bicyclic) bond motifs is 3. The van der Waals surface area contributed by atoms with Crippen LogP contribution in [0.2, 0.25) is 0 Å². The van der Waals surface area contributed by atoms with Crippen molar-refractivity contribution in [3.63, 3.8) is 0 Å². The summed E-state index contributed by atoms with van der Waals surface area (Å²) in [6.45, 7) is 4.72. The van der Waals surface area contributed by atoms with Crippen LogP contribution in [-0.2, 0) is 7.05 Å². The minimum Gasteiger partial charge on any atom is -0.368 e. The Morgan fingerprint density at radius 1 is 1.35 bits per heavy atom. The van der Waals surface area contributed by atoms with E-state index < -0.39 is 0 Å². The molecule has 6 heteroatoms. The Bertz CT molecular complexity index is 740. The van der Waals surface area contributed by atoms with Crippen molar-refractivity contribution in [1.82, 2.24) is 19.7 Å². The zero-order chi connectivity index (χ0) is 16.0. The van der Waals surface area contributed by atoms with Gasteiger partial charge in [-0.2, -0.15) is 0 Å². The van der Waals surface area contributed by atoms with Gasteiger partial charge in [0.1, 0.15) is 6.33 Å². The van der Waals surface area contributed by atoms with Gasteiger partial charge in [0.2, 0.25) is 5.82 Å². The summed E-state index contributed by atoms with van der Waals surface area (Å²) in [5.41, 5.74) is 2.70. The number of benzene rings is 1. The Kier molecular flexibility index (Phi) is 3.32. The minimum absolute atomic E-state index is 0.0588. The monoisotopic (exact) mass is 311 g/mol. The highest BCUT2D eigenvalue weighted by Crippen LogP contribution is 2.44. The van der Waals surface area contributed by atoms with Crippen molar-refractivity contribution in [1.29, 1.82) is 0 Å². The fourth-order valence-corrected chi connectivity index (χ4v) is 4.03. The number of nitrogens with zero attached hydrogens (tertiary/aromatic N) is 5. The predicted octanol–water partition coefficient (Wildman–Crippen LogP) is 1.65. The number of rotatable bonds is 2. The number of likely N-dealkylation sites (tertiary alicyclic amines) is 1. The molecule has 0 unspecified atom stereocenters. The van der Waals surface area contributed by atoms with E-state index in [9.17, 15) is 4.79 Å². The van der Waals surface area contributed by atoms with Crippen LogP contribution in [0.3, 0.4) is 0 Å². The summed E-state index contributed by atoms with van der Waals surface area (Å²) in [4.78, 5) is 21.1. The largest absolute Gasteiger partial charge is 0.368 e. The van der Waals surface area contributed by atoms with Crippen molar-refractivity contribution < 1.29 is 4.79 Å². The molecule has 6 nitrogen and oxygen atoms in total.